The molecule has 0 fully saturated rings. The average Bonchev–Trinajstić information content (AvgIpc) is 2.37. The lowest BCUT2D eigenvalue weighted by Gasteiger charge is -2.15. The topological polar surface area (TPSA) is 121 Å². The number of hydrogen-bond donors (Lipinski definition) is 6. The molecule has 0 saturated heterocycles. The minimum absolute atomic E-state index is 0.0764. The Morgan fingerprint density at radius 1 is 0.706 bits per heavy atom. The van der Waals surface area contributed by atoms with Crippen molar-refractivity contribution < 1.29 is 30.6 Å². The van der Waals surface area contributed by atoms with Gasteiger partial charge in [0.1, 0.15) is 7.26 Å². The van der Waals surface area contributed by atoms with Crippen LogP contribution < -0.4 is 0 Å². The van der Waals surface area contributed by atoms with Crippen LogP contribution in [0.15, 0.2) is 24.3 Å². The molecule has 0 spiro atoms. The molecule has 0 heterocycles. The van der Waals surface area contributed by atoms with Gasteiger partial charge in [0.15, 0.2) is 36.9 Å². The second-order valence-electron chi connectivity index (χ2n) is 3.40. The predicted molar refractivity (Wildman–Crippen MR) is 65.0 cm³/mol. The first-order valence-corrected chi connectivity index (χ1v) is 7.33. The molecule has 1 aromatic carbocycles. The van der Waals surface area contributed by atoms with Gasteiger partial charge in [-0.25, -0.2) is 0 Å². The van der Waals surface area contributed by atoms with Gasteiger partial charge < -0.3 is 30.6 Å². The Morgan fingerprint density at radius 3 is 1.12 bits per heavy atom. The van der Waals surface area contributed by atoms with Gasteiger partial charge in [-0.1, -0.05) is 12.1 Å². The highest BCUT2D eigenvalue weighted by molar-refractivity contribution is 7.75. The van der Waals surface area contributed by atoms with E-state index in [1.807, 2.05) is 0 Å². The van der Waals surface area contributed by atoms with Crippen molar-refractivity contribution >= 4 is 7.26 Å². The Morgan fingerprint density at radius 2 is 1.00 bits per heavy atom. The SMILES string of the molecule is OC[P+](CO)(CO)CO.Oc1ccccc1O. The highest BCUT2D eigenvalue weighted by Crippen LogP contribution is 2.54. The maximum Gasteiger partial charge on any atom is 0.161 e. The van der Waals surface area contributed by atoms with Crippen molar-refractivity contribution in [1.82, 2.24) is 0 Å². The highest BCUT2D eigenvalue weighted by atomic mass is 31.2. The van der Waals surface area contributed by atoms with Crippen molar-refractivity contribution in [2.75, 3.05) is 25.4 Å². The van der Waals surface area contributed by atoms with Crippen molar-refractivity contribution in [3.63, 3.8) is 0 Å². The molecular formula is C10H18O6P+. The van der Waals surface area contributed by atoms with E-state index in [2.05, 4.69) is 0 Å². The molecule has 0 radical (unpaired) electrons. The standard InChI is InChI=1S/C6H6O2.C4H12O4P/c7-5-3-1-2-4-6(5)8;5-1-9(2-6,3-7)4-8/h1-4,7-8H;5-8H,1-4H2/q;+1. The summed E-state index contributed by atoms with van der Waals surface area (Å²) in [5.74, 6) is -0.153. The maximum atomic E-state index is 8.67. The molecule has 17 heavy (non-hydrogen) atoms. The maximum absolute atomic E-state index is 8.67. The molecule has 0 aliphatic rings. The van der Waals surface area contributed by atoms with Crippen LogP contribution in [-0.2, 0) is 0 Å². The van der Waals surface area contributed by atoms with E-state index in [9.17, 15) is 0 Å². The van der Waals surface area contributed by atoms with E-state index in [1.165, 1.54) is 12.1 Å². The Bertz CT molecular complexity index is 277. The Labute approximate surface area is 99.7 Å². The van der Waals surface area contributed by atoms with Crippen LogP contribution in [0.4, 0.5) is 0 Å². The fourth-order valence-corrected chi connectivity index (χ4v) is 1.27. The van der Waals surface area contributed by atoms with Crippen molar-refractivity contribution in [3.8, 4) is 11.5 Å². The molecule has 0 aromatic heterocycles. The molecule has 1 aromatic rings. The number of aliphatic hydroxyl groups is 4. The molecule has 6 nitrogen and oxygen atoms in total. The van der Waals surface area contributed by atoms with Crippen molar-refractivity contribution in [2.45, 2.75) is 0 Å². The largest absolute Gasteiger partial charge is 0.504 e. The van der Waals surface area contributed by atoms with Crippen LogP contribution in [0.3, 0.4) is 0 Å². The predicted octanol–water partition coefficient (Wildman–Crippen LogP) is -0.0990. The number of aliphatic hydroxyl groups excluding tert-OH is 4. The van der Waals surface area contributed by atoms with Crippen LogP contribution in [0.1, 0.15) is 0 Å². The molecule has 0 saturated carbocycles. The van der Waals surface area contributed by atoms with E-state index < -0.39 is 7.26 Å². The molecule has 0 bridgehead atoms. The minimum Gasteiger partial charge on any atom is -0.504 e. The van der Waals surface area contributed by atoms with Gasteiger partial charge in [0.2, 0.25) is 0 Å². The molecule has 0 amide bonds. The summed E-state index contributed by atoms with van der Waals surface area (Å²) in [6.07, 6.45) is -1.18. The molecule has 0 atom stereocenters. The van der Waals surface area contributed by atoms with E-state index in [4.69, 9.17) is 30.6 Å². The molecular weight excluding hydrogens is 247 g/mol. The third-order valence-electron chi connectivity index (χ3n) is 2.08. The lowest BCUT2D eigenvalue weighted by Crippen LogP contribution is -2.10. The number of phenols is 2. The van der Waals surface area contributed by atoms with Gasteiger partial charge in [-0.05, 0) is 12.1 Å². The van der Waals surface area contributed by atoms with Gasteiger partial charge in [0, 0.05) is 0 Å². The molecule has 98 valence electrons. The number of phenolic OH excluding ortho intramolecular Hbond substituents is 2. The quantitative estimate of drug-likeness (QED) is 0.334. The van der Waals surface area contributed by atoms with Crippen molar-refractivity contribution in [3.05, 3.63) is 24.3 Å². The van der Waals surface area contributed by atoms with Crippen LogP contribution in [0.2, 0.25) is 0 Å². The number of benzene rings is 1. The molecule has 7 heteroatoms. The zero-order valence-corrected chi connectivity index (χ0v) is 10.2. The normalized spacial score (nSPS) is 10.6. The van der Waals surface area contributed by atoms with Gasteiger partial charge in [-0.2, -0.15) is 0 Å². The summed E-state index contributed by atoms with van der Waals surface area (Å²) in [5, 5.41) is 51.5. The van der Waals surface area contributed by atoms with E-state index >= 15 is 0 Å². The molecule has 0 aliphatic heterocycles. The Balaban J connectivity index is 0.000000302. The smallest absolute Gasteiger partial charge is 0.161 e. The van der Waals surface area contributed by atoms with Crippen LogP contribution in [0.5, 0.6) is 11.5 Å². The van der Waals surface area contributed by atoms with Crippen LogP contribution in [0.25, 0.3) is 0 Å². The molecule has 0 aliphatic carbocycles. The summed E-state index contributed by atoms with van der Waals surface area (Å²) in [4.78, 5) is 0. The van der Waals surface area contributed by atoms with Gasteiger partial charge in [0.05, 0.1) is 0 Å². The summed E-state index contributed by atoms with van der Waals surface area (Å²) in [7, 11) is -2.20. The van der Waals surface area contributed by atoms with Crippen LogP contribution >= 0.6 is 7.26 Å². The second kappa shape index (κ2) is 8.22. The summed E-state index contributed by atoms with van der Waals surface area (Å²) in [6, 6.07) is 6.15. The zero-order chi connectivity index (χ0) is 13.3. The molecule has 0 unspecified atom stereocenters. The average molecular weight is 265 g/mol. The van der Waals surface area contributed by atoms with Gasteiger partial charge in [-0.3, -0.25) is 0 Å². The van der Waals surface area contributed by atoms with Crippen molar-refractivity contribution in [1.29, 1.82) is 0 Å². The molecule has 6 N–H and O–H groups in total. The zero-order valence-electron chi connectivity index (χ0n) is 9.27. The summed E-state index contributed by atoms with van der Waals surface area (Å²) < 4.78 is 0. The highest BCUT2D eigenvalue weighted by Gasteiger charge is 2.34. The second-order valence-corrected chi connectivity index (χ2v) is 7.21. The van der Waals surface area contributed by atoms with Gasteiger partial charge in [0.25, 0.3) is 0 Å². The first-order valence-electron chi connectivity index (χ1n) is 4.80. The number of hydrogen-bond acceptors (Lipinski definition) is 6. The lowest BCUT2D eigenvalue weighted by molar-refractivity contribution is 0.288. The number of rotatable bonds is 4. The lowest BCUT2D eigenvalue weighted by atomic mass is 10.3. The third kappa shape index (κ3) is 5.30. The third-order valence-corrected chi connectivity index (χ3v) is 4.48. The van der Waals surface area contributed by atoms with E-state index in [0.29, 0.717) is 0 Å². The van der Waals surface area contributed by atoms with Crippen LogP contribution in [0, 0.1) is 0 Å². The van der Waals surface area contributed by atoms with E-state index in [-0.39, 0.29) is 36.9 Å². The van der Waals surface area contributed by atoms with Gasteiger partial charge >= 0.3 is 0 Å². The minimum atomic E-state index is -2.20. The van der Waals surface area contributed by atoms with E-state index in [0.717, 1.165) is 0 Å². The van der Waals surface area contributed by atoms with Crippen LogP contribution in [-0.4, -0.2) is 56.0 Å². The Kier molecular flexibility index (Phi) is 7.78. The fourth-order valence-electron chi connectivity index (χ4n) is 0.732. The Hall–Kier alpha value is -0.910. The van der Waals surface area contributed by atoms with E-state index in [1.54, 1.807) is 12.1 Å². The summed E-state index contributed by atoms with van der Waals surface area (Å²) in [5.41, 5.74) is 0. The first-order chi connectivity index (χ1) is 8.05. The molecule has 1 rings (SSSR count). The summed E-state index contributed by atoms with van der Waals surface area (Å²) >= 11 is 0. The monoisotopic (exact) mass is 265 g/mol. The fraction of sp³-hybridized carbons (Fsp3) is 0.400. The van der Waals surface area contributed by atoms with Gasteiger partial charge in [-0.15, -0.1) is 0 Å². The summed E-state index contributed by atoms with van der Waals surface area (Å²) in [6.45, 7) is 0. The number of para-hydroxylation sites is 2. The first kappa shape index (κ1) is 16.1. The van der Waals surface area contributed by atoms with Crippen molar-refractivity contribution in [2.24, 2.45) is 0 Å². The number of aromatic hydroxyl groups is 2.